The van der Waals surface area contributed by atoms with E-state index >= 15 is 0 Å². The second-order valence-electron chi connectivity index (χ2n) is 2.54. The fraction of sp³-hybridized carbons (Fsp3) is 0.100. The lowest BCUT2D eigenvalue weighted by Crippen LogP contribution is -1.99. The van der Waals surface area contributed by atoms with Gasteiger partial charge in [-0.3, -0.25) is 0 Å². The molecule has 0 atom stereocenters. The van der Waals surface area contributed by atoms with E-state index in [2.05, 4.69) is 11.4 Å². The highest BCUT2D eigenvalue weighted by Crippen LogP contribution is 2.19. The normalized spacial score (nSPS) is 10.1. The van der Waals surface area contributed by atoms with Gasteiger partial charge in [-0.15, -0.1) is 0 Å². The van der Waals surface area contributed by atoms with Gasteiger partial charge in [0.25, 0.3) is 0 Å². The van der Waals surface area contributed by atoms with Gasteiger partial charge >= 0.3 is 0 Å². The third-order valence-electron chi connectivity index (χ3n) is 1.60. The number of nitrogens with one attached hydrogen (secondary N) is 1. The summed E-state index contributed by atoms with van der Waals surface area (Å²) in [5.74, 6) is 0. The van der Waals surface area contributed by atoms with E-state index in [1.165, 1.54) is 5.54 Å². The van der Waals surface area contributed by atoms with Gasteiger partial charge in [-0.2, -0.15) is 5.26 Å². The van der Waals surface area contributed by atoms with Crippen molar-refractivity contribution in [2.24, 2.45) is 0 Å². The molecule has 1 rings (SSSR count). The van der Waals surface area contributed by atoms with Crippen LogP contribution in [0.25, 0.3) is 0 Å². The summed E-state index contributed by atoms with van der Waals surface area (Å²) in [4.78, 5) is 0. The minimum absolute atomic E-state index is 0.567. The number of hydrogen-bond donors (Lipinski definition) is 1. The predicted octanol–water partition coefficient (Wildman–Crippen LogP) is 3.38. The lowest BCUT2D eigenvalue weighted by atomic mass is 10.2. The van der Waals surface area contributed by atoms with Gasteiger partial charge in [0.05, 0.1) is 11.3 Å². The molecule has 0 aliphatic rings. The number of benzene rings is 1. The molecule has 1 N–H and O–H groups in total. The molecule has 4 heteroatoms. The molecule has 0 amide bonds. The zero-order chi connectivity index (χ0) is 10.4. The third-order valence-corrected chi connectivity index (χ3v) is 2.01. The molecule has 0 fully saturated rings. The highest BCUT2D eigenvalue weighted by Gasteiger charge is 2.00. The molecule has 0 aromatic heterocycles. The number of nitriles is 1. The smallest absolute Gasteiger partial charge is 0.101 e. The number of hydrogen-bond acceptors (Lipinski definition) is 2. The van der Waals surface area contributed by atoms with Gasteiger partial charge in [-0.05, 0) is 18.2 Å². The molecule has 0 heterocycles. The summed E-state index contributed by atoms with van der Waals surface area (Å²) in [5, 5.41) is 12.4. The Balaban J connectivity index is 2.83. The molecule has 0 saturated carbocycles. The Labute approximate surface area is 92.8 Å². The first-order chi connectivity index (χ1) is 6.77. The largest absolute Gasteiger partial charge is 0.380 e. The van der Waals surface area contributed by atoms with Crippen molar-refractivity contribution in [1.82, 2.24) is 0 Å². The minimum atomic E-state index is 0.567. The van der Waals surface area contributed by atoms with E-state index in [9.17, 15) is 0 Å². The van der Waals surface area contributed by atoms with E-state index in [-0.39, 0.29) is 0 Å². The van der Waals surface area contributed by atoms with E-state index in [1.807, 2.05) is 0 Å². The van der Waals surface area contributed by atoms with Crippen LogP contribution in [0.1, 0.15) is 5.56 Å². The van der Waals surface area contributed by atoms with Gasteiger partial charge in [0, 0.05) is 17.1 Å². The number of anilines is 1. The van der Waals surface area contributed by atoms with Crippen LogP contribution < -0.4 is 5.32 Å². The van der Waals surface area contributed by atoms with E-state index in [0.29, 0.717) is 17.1 Å². The number of nitrogens with zero attached hydrogens (tertiary/aromatic N) is 1. The lowest BCUT2D eigenvalue weighted by molar-refractivity contribution is 1.32. The molecule has 1 aromatic rings. The van der Waals surface area contributed by atoms with Crippen LogP contribution in [0.3, 0.4) is 0 Å². The molecule has 0 aliphatic heterocycles. The fourth-order valence-electron chi connectivity index (χ4n) is 0.974. The first kappa shape index (κ1) is 10.9. The van der Waals surface area contributed by atoms with Gasteiger partial charge in [0.15, 0.2) is 0 Å². The molecule has 0 aliphatic carbocycles. The molecule has 0 spiro atoms. The Morgan fingerprint density at radius 3 is 2.93 bits per heavy atom. The Bertz CT molecular complexity index is 380. The molecule has 0 unspecified atom stereocenters. The molecule has 72 valence electrons. The van der Waals surface area contributed by atoms with Gasteiger partial charge in [0.1, 0.15) is 6.07 Å². The van der Waals surface area contributed by atoms with Crippen molar-refractivity contribution in [2.45, 2.75) is 0 Å². The summed E-state index contributed by atoms with van der Waals surface area (Å²) in [5.41, 5.74) is 2.70. The van der Waals surface area contributed by atoms with Crippen LogP contribution in [-0.2, 0) is 0 Å². The maximum absolute atomic E-state index is 8.79. The molecular formula is C10H8Cl2N2. The summed E-state index contributed by atoms with van der Waals surface area (Å²) >= 11 is 11.2. The Morgan fingerprint density at radius 1 is 1.50 bits per heavy atom. The average molecular weight is 227 g/mol. The van der Waals surface area contributed by atoms with Crippen LogP contribution in [0.5, 0.6) is 0 Å². The molecule has 1 aromatic carbocycles. The van der Waals surface area contributed by atoms with E-state index in [1.54, 1.807) is 24.3 Å². The first-order valence-electron chi connectivity index (χ1n) is 3.96. The maximum Gasteiger partial charge on any atom is 0.101 e. The van der Waals surface area contributed by atoms with Crippen molar-refractivity contribution in [3.05, 3.63) is 40.4 Å². The van der Waals surface area contributed by atoms with Gasteiger partial charge in [-0.25, -0.2) is 0 Å². The second-order valence-corrected chi connectivity index (χ2v) is 3.23. The fourth-order valence-corrected chi connectivity index (χ4v) is 1.23. The Morgan fingerprint density at radius 2 is 2.29 bits per heavy atom. The summed E-state index contributed by atoms with van der Waals surface area (Å²) in [6, 6.07) is 7.14. The van der Waals surface area contributed by atoms with Crippen molar-refractivity contribution in [1.29, 1.82) is 5.26 Å². The van der Waals surface area contributed by atoms with E-state index < -0.39 is 0 Å². The summed E-state index contributed by atoms with van der Waals surface area (Å²) in [6.07, 6.45) is 1.74. The first-order valence-corrected chi connectivity index (χ1v) is 4.78. The molecule has 14 heavy (non-hydrogen) atoms. The Kier molecular flexibility index (Phi) is 4.31. The monoisotopic (exact) mass is 226 g/mol. The van der Waals surface area contributed by atoms with Crippen LogP contribution in [-0.4, -0.2) is 6.54 Å². The van der Waals surface area contributed by atoms with Crippen LogP contribution >= 0.6 is 23.2 Å². The van der Waals surface area contributed by atoms with Crippen molar-refractivity contribution in [3.8, 4) is 6.07 Å². The topological polar surface area (TPSA) is 35.8 Å². The average Bonchev–Trinajstić information content (AvgIpc) is 2.19. The van der Waals surface area contributed by atoms with Crippen molar-refractivity contribution >= 4 is 28.9 Å². The zero-order valence-electron chi connectivity index (χ0n) is 7.30. The summed E-state index contributed by atoms with van der Waals surface area (Å²) in [6.45, 7) is 0.568. The third kappa shape index (κ3) is 2.95. The van der Waals surface area contributed by atoms with Gasteiger partial charge in [0.2, 0.25) is 0 Å². The molecule has 0 radical (unpaired) electrons. The molecule has 2 nitrogen and oxygen atoms in total. The Hall–Kier alpha value is -1.17. The van der Waals surface area contributed by atoms with Crippen LogP contribution in [0, 0.1) is 11.3 Å². The molecular weight excluding hydrogens is 219 g/mol. The molecule has 0 bridgehead atoms. The van der Waals surface area contributed by atoms with Gasteiger partial charge in [-0.1, -0.05) is 29.3 Å². The van der Waals surface area contributed by atoms with E-state index in [4.69, 9.17) is 28.5 Å². The predicted molar refractivity (Wildman–Crippen MR) is 59.6 cm³/mol. The number of rotatable bonds is 3. The zero-order valence-corrected chi connectivity index (χ0v) is 8.81. The quantitative estimate of drug-likeness (QED) is 0.859. The lowest BCUT2D eigenvalue weighted by Gasteiger charge is -2.05. The highest BCUT2D eigenvalue weighted by molar-refractivity contribution is 6.30. The summed E-state index contributed by atoms with van der Waals surface area (Å²) in [7, 11) is 0. The van der Waals surface area contributed by atoms with Crippen LogP contribution in [0.15, 0.2) is 29.8 Å². The number of halogens is 2. The second kappa shape index (κ2) is 5.54. The van der Waals surface area contributed by atoms with Crippen LogP contribution in [0.4, 0.5) is 5.69 Å². The minimum Gasteiger partial charge on any atom is -0.380 e. The molecule has 0 saturated heterocycles. The SMILES string of the molecule is N#Cc1ccc(Cl)cc1NC/C=C/Cl. The van der Waals surface area contributed by atoms with Crippen LogP contribution in [0.2, 0.25) is 5.02 Å². The van der Waals surface area contributed by atoms with Crippen molar-refractivity contribution in [3.63, 3.8) is 0 Å². The maximum atomic E-state index is 8.79. The standard InChI is InChI=1S/C10H8Cl2N2/c11-4-1-5-14-10-6-9(12)3-2-8(10)7-13/h1-4,6,14H,5H2/b4-1+. The van der Waals surface area contributed by atoms with Crippen molar-refractivity contribution < 1.29 is 0 Å². The van der Waals surface area contributed by atoms with E-state index in [0.717, 1.165) is 5.69 Å². The van der Waals surface area contributed by atoms with Gasteiger partial charge < -0.3 is 5.32 Å². The summed E-state index contributed by atoms with van der Waals surface area (Å²) < 4.78 is 0. The van der Waals surface area contributed by atoms with Crippen molar-refractivity contribution in [2.75, 3.05) is 11.9 Å². The highest BCUT2D eigenvalue weighted by atomic mass is 35.5.